The summed E-state index contributed by atoms with van der Waals surface area (Å²) < 4.78 is 2.12. The molecule has 0 radical (unpaired) electrons. The summed E-state index contributed by atoms with van der Waals surface area (Å²) in [6.07, 6.45) is 2.35. The minimum absolute atomic E-state index is 0.189. The van der Waals surface area contributed by atoms with Gasteiger partial charge in [0.1, 0.15) is 5.82 Å². The number of aromatic nitrogens is 3. The van der Waals surface area contributed by atoms with Gasteiger partial charge in [-0.15, -0.1) is 10.2 Å². The maximum Gasteiger partial charge on any atom is 0.233 e. The fourth-order valence-corrected chi connectivity index (χ4v) is 3.94. The Morgan fingerprint density at radius 3 is 2.52 bits per heavy atom. The van der Waals surface area contributed by atoms with Crippen molar-refractivity contribution in [2.45, 2.75) is 23.9 Å². The number of hydrogen-bond donors (Lipinski definition) is 0. The molecule has 0 bridgehead atoms. The molecule has 7 heteroatoms. The number of carbonyl (C=O) groups is 1. The van der Waals surface area contributed by atoms with Crippen LogP contribution in [0, 0.1) is 0 Å². The van der Waals surface area contributed by atoms with Crippen molar-refractivity contribution in [2.24, 2.45) is 0 Å². The highest BCUT2D eigenvalue weighted by Crippen LogP contribution is 2.41. The Morgan fingerprint density at radius 1 is 1.12 bits per heavy atom. The third-order valence-electron chi connectivity index (χ3n) is 4.80. The van der Waals surface area contributed by atoms with Crippen LogP contribution in [0.15, 0.2) is 35.5 Å². The van der Waals surface area contributed by atoms with Crippen LogP contribution in [-0.2, 0) is 4.79 Å². The molecule has 1 aliphatic heterocycles. The Hall–Kier alpha value is -1.86. The average molecular weight is 357 g/mol. The first-order valence-corrected chi connectivity index (χ1v) is 9.81. The van der Waals surface area contributed by atoms with Gasteiger partial charge < -0.3 is 9.80 Å². The van der Waals surface area contributed by atoms with Crippen molar-refractivity contribution < 1.29 is 4.79 Å². The molecule has 0 N–H and O–H groups in total. The first-order valence-electron chi connectivity index (χ1n) is 8.82. The molecule has 25 heavy (non-hydrogen) atoms. The molecule has 1 aliphatic carbocycles. The minimum Gasteiger partial charge on any atom is -0.339 e. The first-order chi connectivity index (χ1) is 12.2. The van der Waals surface area contributed by atoms with E-state index in [4.69, 9.17) is 0 Å². The van der Waals surface area contributed by atoms with Crippen molar-refractivity contribution in [1.82, 2.24) is 24.6 Å². The number of thioether (sulfide) groups is 1. The van der Waals surface area contributed by atoms with Gasteiger partial charge in [-0.2, -0.15) is 0 Å². The zero-order chi connectivity index (χ0) is 17.2. The van der Waals surface area contributed by atoms with Crippen LogP contribution in [0.25, 0.3) is 5.69 Å². The molecule has 2 aliphatic rings. The molecular formula is C18H23N5OS. The first kappa shape index (κ1) is 16.6. The van der Waals surface area contributed by atoms with E-state index in [1.54, 1.807) is 0 Å². The van der Waals surface area contributed by atoms with Crippen molar-refractivity contribution in [3.8, 4) is 5.69 Å². The van der Waals surface area contributed by atoms with Crippen molar-refractivity contribution in [3.05, 3.63) is 36.2 Å². The van der Waals surface area contributed by atoms with E-state index in [-0.39, 0.29) is 5.91 Å². The van der Waals surface area contributed by atoms with Crippen molar-refractivity contribution >= 4 is 17.7 Å². The Morgan fingerprint density at radius 2 is 1.84 bits per heavy atom. The second-order valence-corrected chi connectivity index (χ2v) is 7.70. The molecule has 1 saturated carbocycles. The molecule has 1 aromatic carbocycles. The van der Waals surface area contributed by atoms with Gasteiger partial charge in [0, 0.05) is 37.8 Å². The maximum absolute atomic E-state index is 12.5. The van der Waals surface area contributed by atoms with Crippen LogP contribution in [0.4, 0.5) is 0 Å². The number of hydrogen-bond acceptors (Lipinski definition) is 5. The standard InChI is InChI=1S/C18H23N5OS/c1-21-9-11-22(12-10-21)16(24)13-25-18-20-19-17(14-7-8-14)23(18)15-5-3-2-4-6-15/h2-6,14H,7-13H2,1H3. The number of nitrogens with zero attached hydrogens (tertiary/aromatic N) is 5. The molecule has 1 amide bonds. The van der Waals surface area contributed by atoms with Crippen LogP contribution in [0.3, 0.4) is 0 Å². The van der Waals surface area contributed by atoms with Crippen LogP contribution >= 0.6 is 11.8 Å². The lowest BCUT2D eigenvalue weighted by atomic mass is 10.3. The number of benzene rings is 1. The molecule has 0 unspecified atom stereocenters. The van der Waals surface area contributed by atoms with Crippen LogP contribution in [-0.4, -0.2) is 69.5 Å². The Bertz CT molecular complexity index is 735. The summed E-state index contributed by atoms with van der Waals surface area (Å²) >= 11 is 1.49. The molecule has 6 nitrogen and oxygen atoms in total. The second kappa shape index (κ2) is 7.17. The summed E-state index contributed by atoms with van der Waals surface area (Å²) in [7, 11) is 2.10. The third kappa shape index (κ3) is 3.72. The lowest BCUT2D eigenvalue weighted by Gasteiger charge is -2.32. The zero-order valence-electron chi connectivity index (χ0n) is 14.5. The fourth-order valence-electron chi connectivity index (χ4n) is 3.07. The summed E-state index contributed by atoms with van der Waals surface area (Å²) in [4.78, 5) is 16.7. The molecule has 0 atom stereocenters. The van der Waals surface area contributed by atoms with Crippen molar-refractivity contribution in [1.29, 1.82) is 0 Å². The molecule has 1 aromatic heterocycles. The largest absolute Gasteiger partial charge is 0.339 e. The molecule has 2 heterocycles. The minimum atomic E-state index is 0.189. The lowest BCUT2D eigenvalue weighted by molar-refractivity contribution is -0.129. The molecule has 0 spiro atoms. The normalized spacial score (nSPS) is 18.5. The van der Waals surface area contributed by atoms with Gasteiger partial charge in [-0.05, 0) is 32.0 Å². The van der Waals surface area contributed by atoms with Crippen LogP contribution in [0.5, 0.6) is 0 Å². The van der Waals surface area contributed by atoms with Gasteiger partial charge in [0.15, 0.2) is 5.16 Å². The molecular weight excluding hydrogens is 334 g/mol. The quantitative estimate of drug-likeness (QED) is 0.766. The van der Waals surface area contributed by atoms with E-state index in [2.05, 4.69) is 38.8 Å². The van der Waals surface area contributed by atoms with Crippen LogP contribution < -0.4 is 0 Å². The number of carbonyl (C=O) groups excluding carboxylic acids is 1. The predicted molar refractivity (Wildman–Crippen MR) is 98.1 cm³/mol. The number of amides is 1. The van der Waals surface area contributed by atoms with E-state index < -0.39 is 0 Å². The summed E-state index contributed by atoms with van der Waals surface area (Å²) in [6.45, 7) is 3.52. The number of para-hydroxylation sites is 1. The van der Waals surface area contributed by atoms with Gasteiger partial charge in [-0.3, -0.25) is 9.36 Å². The number of likely N-dealkylation sites (N-methyl/N-ethyl adjacent to an activating group) is 1. The topological polar surface area (TPSA) is 54.3 Å². The second-order valence-electron chi connectivity index (χ2n) is 6.76. The Labute approximate surface area is 152 Å². The highest BCUT2D eigenvalue weighted by Gasteiger charge is 2.31. The number of rotatable bonds is 5. The lowest BCUT2D eigenvalue weighted by Crippen LogP contribution is -2.47. The predicted octanol–water partition coefficient (Wildman–Crippen LogP) is 2.01. The summed E-state index contributed by atoms with van der Waals surface area (Å²) in [5, 5.41) is 9.61. The summed E-state index contributed by atoms with van der Waals surface area (Å²) in [5.41, 5.74) is 1.07. The van der Waals surface area contributed by atoms with E-state index in [0.29, 0.717) is 11.7 Å². The van der Waals surface area contributed by atoms with E-state index in [1.807, 2.05) is 23.1 Å². The number of piperazine rings is 1. The molecule has 132 valence electrons. The van der Waals surface area contributed by atoms with Gasteiger partial charge in [-0.1, -0.05) is 30.0 Å². The monoisotopic (exact) mass is 357 g/mol. The van der Waals surface area contributed by atoms with Crippen LogP contribution in [0.2, 0.25) is 0 Å². The highest BCUT2D eigenvalue weighted by molar-refractivity contribution is 7.99. The SMILES string of the molecule is CN1CCN(C(=O)CSc2nnc(C3CC3)n2-c2ccccc2)CC1. The molecule has 4 rings (SSSR count). The van der Waals surface area contributed by atoms with E-state index in [9.17, 15) is 4.79 Å². The smallest absolute Gasteiger partial charge is 0.233 e. The maximum atomic E-state index is 12.5. The van der Waals surface area contributed by atoms with E-state index in [1.165, 1.54) is 24.6 Å². The van der Waals surface area contributed by atoms with Gasteiger partial charge in [0.2, 0.25) is 5.91 Å². The average Bonchev–Trinajstić information content (AvgIpc) is 3.40. The Balaban J connectivity index is 1.48. The van der Waals surface area contributed by atoms with Gasteiger partial charge in [0.05, 0.1) is 5.75 Å². The van der Waals surface area contributed by atoms with Crippen molar-refractivity contribution in [3.63, 3.8) is 0 Å². The Kier molecular flexibility index (Phi) is 4.76. The zero-order valence-corrected chi connectivity index (χ0v) is 15.3. The van der Waals surface area contributed by atoms with E-state index in [0.717, 1.165) is 42.8 Å². The third-order valence-corrected chi connectivity index (χ3v) is 5.71. The fraction of sp³-hybridized carbons (Fsp3) is 0.500. The summed E-state index contributed by atoms with van der Waals surface area (Å²) in [6, 6.07) is 10.2. The molecule has 2 fully saturated rings. The van der Waals surface area contributed by atoms with Crippen molar-refractivity contribution in [2.75, 3.05) is 39.0 Å². The van der Waals surface area contributed by atoms with Gasteiger partial charge in [0.25, 0.3) is 0 Å². The molecule has 1 saturated heterocycles. The van der Waals surface area contributed by atoms with E-state index >= 15 is 0 Å². The van der Waals surface area contributed by atoms with Crippen LogP contribution in [0.1, 0.15) is 24.6 Å². The van der Waals surface area contributed by atoms with Gasteiger partial charge in [-0.25, -0.2) is 0 Å². The van der Waals surface area contributed by atoms with Gasteiger partial charge >= 0.3 is 0 Å². The highest BCUT2D eigenvalue weighted by atomic mass is 32.2. The summed E-state index contributed by atoms with van der Waals surface area (Å²) in [5.74, 6) is 2.14. The molecule has 2 aromatic rings.